The van der Waals surface area contributed by atoms with E-state index in [9.17, 15) is 4.79 Å². The van der Waals surface area contributed by atoms with E-state index in [2.05, 4.69) is 4.98 Å². The Hall–Kier alpha value is -2.33. The van der Waals surface area contributed by atoms with Gasteiger partial charge in [0.15, 0.2) is 5.82 Å². The second-order valence-electron chi connectivity index (χ2n) is 4.45. The van der Waals surface area contributed by atoms with Crippen molar-refractivity contribution in [1.29, 1.82) is 0 Å². The lowest BCUT2D eigenvalue weighted by Crippen LogP contribution is -2.12. The van der Waals surface area contributed by atoms with Gasteiger partial charge in [-0.3, -0.25) is 4.57 Å². The highest BCUT2D eigenvalue weighted by atomic mass is 35.5. The first-order chi connectivity index (χ1) is 10.2. The third-order valence-corrected chi connectivity index (χ3v) is 3.44. The number of carbonyl (C=O) groups is 1. The Morgan fingerprint density at radius 1 is 1.29 bits per heavy atom. The molecule has 0 aliphatic carbocycles. The predicted octanol–water partition coefficient (Wildman–Crippen LogP) is 3.86. The summed E-state index contributed by atoms with van der Waals surface area (Å²) in [4.78, 5) is 16.5. The van der Waals surface area contributed by atoms with Gasteiger partial charge in [0.25, 0.3) is 0 Å². The van der Waals surface area contributed by atoms with Crippen LogP contribution in [0.3, 0.4) is 0 Å². The van der Waals surface area contributed by atoms with Crippen LogP contribution in [0.25, 0.3) is 16.7 Å². The summed E-state index contributed by atoms with van der Waals surface area (Å²) < 4.78 is 6.86. The molecule has 0 unspecified atom stereocenters. The van der Waals surface area contributed by atoms with Crippen molar-refractivity contribution in [3.8, 4) is 5.82 Å². The van der Waals surface area contributed by atoms with Crippen LogP contribution < -0.4 is 0 Å². The van der Waals surface area contributed by atoms with Gasteiger partial charge in [0.05, 0.1) is 17.1 Å². The molecule has 0 saturated carbocycles. The van der Waals surface area contributed by atoms with Gasteiger partial charge in [-0.25, -0.2) is 9.78 Å². The van der Waals surface area contributed by atoms with Crippen LogP contribution >= 0.6 is 11.6 Å². The first-order valence-corrected chi connectivity index (χ1v) is 6.98. The number of hydrogen-bond acceptors (Lipinski definition) is 3. The van der Waals surface area contributed by atoms with Gasteiger partial charge in [0.2, 0.25) is 0 Å². The maximum absolute atomic E-state index is 12.2. The quantitative estimate of drug-likeness (QED) is 0.690. The van der Waals surface area contributed by atoms with Gasteiger partial charge in [-0.15, -0.1) is 0 Å². The number of pyridine rings is 1. The number of hydrogen-bond donors (Lipinski definition) is 0. The van der Waals surface area contributed by atoms with Crippen molar-refractivity contribution in [2.24, 2.45) is 0 Å². The molecular formula is C16H13ClN2O2. The zero-order valence-corrected chi connectivity index (χ0v) is 12.2. The molecule has 0 fully saturated rings. The van der Waals surface area contributed by atoms with Crippen molar-refractivity contribution < 1.29 is 9.53 Å². The number of ether oxygens (including phenoxy) is 1. The van der Waals surface area contributed by atoms with Crippen LogP contribution in [0.1, 0.15) is 17.4 Å². The molecule has 0 radical (unpaired) electrons. The minimum absolute atomic E-state index is 0.316. The fourth-order valence-corrected chi connectivity index (χ4v) is 2.49. The topological polar surface area (TPSA) is 44.1 Å². The molecule has 106 valence electrons. The molecule has 0 saturated heterocycles. The van der Waals surface area contributed by atoms with E-state index in [1.165, 1.54) is 0 Å². The zero-order valence-electron chi connectivity index (χ0n) is 11.4. The third kappa shape index (κ3) is 2.38. The van der Waals surface area contributed by atoms with Crippen molar-refractivity contribution in [3.05, 3.63) is 59.4 Å². The van der Waals surface area contributed by atoms with Crippen LogP contribution in [-0.4, -0.2) is 22.1 Å². The Kier molecular flexibility index (Phi) is 3.62. The van der Waals surface area contributed by atoms with Gasteiger partial charge in [0, 0.05) is 11.6 Å². The lowest BCUT2D eigenvalue weighted by molar-refractivity contribution is 0.0517. The number of para-hydroxylation sites is 1. The lowest BCUT2D eigenvalue weighted by atomic mass is 10.2. The summed E-state index contributed by atoms with van der Waals surface area (Å²) in [5.74, 6) is 0.124. The Balaban J connectivity index is 2.31. The Morgan fingerprint density at radius 3 is 2.86 bits per heavy atom. The molecule has 2 aromatic heterocycles. The molecule has 4 nitrogen and oxygen atoms in total. The number of fused-ring (bicyclic) bond motifs is 1. The van der Waals surface area contributed by atoms with Gasteiger partial charge >= 0.3 is 5.97 Å². The smallest absolute Gasteiger partial charge is 0.355 e. The Labute approximate surface area is 126 Å². The average Bonchev–Trinajstić information content (AvgIpc) is 2.87. The summed E-state index contributed by atoms with van der Waals surface area (Å²) in [5.41, 5.74) is 1.28. The van der Waals surface area contributed by atoms with Gasteiger partial charge < -0.3 is 4.74 Å². The van der Waals surface area contributed by atoms with Gasteiger partial charge in [-0.05, 0) is 31.2 Å². The molecule has 1 aromatic carbocycles. The van der Waals surface area contributed by atoms with E-state index >= 15 is 0 Å². The predicted molar refractivity (Wildman–Crippen MR) is 82.0 cm³/mol. The highest BCUT2D eigenvalue weighted by molar-refractivity contribution is 6.32. The summed E-state index contributed by atoms with van der Waals surface area (Å²) in [6.45, 7) is 2.09. The molecule has 0 N–H and O–H groups in total. The summed E-state index contributed by atoms with van der Waals surface area (Å²) >= 11 is 6.23. The second kappa shape index (κ2) is 5.58. The van der Waals surface area contributed by atoms with Gasteiger partial charge in [-0.1, -0.05) is 29.8 Å². The third-order valence-electron chi connectivity index (χ3n) is 3.15. The molecule has 0 aliphatic rings. The SMILES string of the molecule is CCOC(=O)c1cc2ccccc2n1-c1ncccc1Cl. The van der Waals surface area contributed by atoms with Crippen LogP contribution in [0.4, 0.5) is 0 Å². The van der Waals surface area contributed by atoms with Crippen LogP contribution in [-0.2, 0) is 4.74 Å². The minimum atomic E-state index is -0.393. The number of esters is 1. The number of carbonyl (C=O) groups excluding carboxylic acids is 1. The largest absolute Gasteiger partial charge is 0.461 e. The van der Waals surface area contributed by atoms with Gasteiger partial charge in [-0.2, -0.15) is 0 Å². The second-order valence-corrected chi connectivity index (χ2v) is 4.86. The molecule has 0 aliphatic heterocycles. The van der Waals surface area contributed by atoms with Crippen molar-refractivity contribution in [3.63, 3.8) is 0 Å². The standard InChI is InChI=1S/C16H13ClN2O2/c1-2-21-16(20)14-10-11-6-3-4-8-13(11)19(14)15-12(17)7-5-9-18-15/h3-10H,2H2,1H3. The molecule has 0 spiro atoms. The lowest BCUT2D eigenvalue weighted by Gasteiger charge is -2.10. The molecule has 21 heavy (non-hydrogen) atoms. The fraction of sp³-hybridized carbons (Fsp3) is 0.125. The van der Waals surface area contributed by atoms with E-state index in [1.807, 2.05) is 24.3 Å². The highest BCUT2D eigenvalue weighted by Crippen LogP contribution is 2.27. The van der Waals surface area contributed by atoms with Crippen molar-refractivity contribution >= 4 is 28.5 Å². The zero-order chi connectivity index (χ0) is 14.8. The summed E-state index contributed by atoms with van der Waals surface area (Å²) in [7, 11) is 0. The monoisotopic (exact) mass is 300 g/mol. The molecule has 2 heterocycles. The summed E-state index contributed by atoms with van der Waals surface area (Å²) in [6.07, 6.45) is 1.64. The van der Waals surface area contributed by atoms with E-state index in [1.54, 1.807) is 35.9 Å². The van der Waals surface area contributed by atoms with E-state index in [4.69, 9.17) is 16.3 Å². The summed E-state index contributed by atoms with van der Waals surface area (Å²) in [5, 5.41) is 1.41. The molecule has 3 aromatic rings. The maximum atomic E-state index is 12.2. The highest BCUT2D eigenvalue weighted by Gasteiger charge is 2.19. The van der Waals surface area contributed by atoms with E-state index < -0.39 is 5.97 Å². The first-order valence-electron chi connectivity index (χ1n) is 6.61. The van der Waals surface area contributed by atoms with Crippen LogP contribution in [0.2, 0.25) is 5.02 Å². The number of nitrogens with zero attached hydrogens (tertiary/aromatic N) is 2. The first kappa shape index (κ1) is 13.6. The fourth-order valence-electron chi connectivity index (χ4n) is 2.28. The average molecular weight is 301 g/mol. The van der Waals surface area contributed by atoms with Crippen molar-refractivity contribution in [2.75, 3.05) is 6.61 Å². The molecule has 0 bridgehead atoms. The molecule has 5 heteroatoms. The van der Waals surface area contributed by atoms with Crippen LogP contribution in [0.5, 0.6) is 0 Å². The Morgan fingerprint density at radius 2 is 2.10 bits per heavy atom. The Bertz CT molecular complexity index is 811. The number of aromatic nitrogens is 2. The van der Waals surface area contributed by atoms with E-state index in [0.29, 0.717) is 23.1 Å². The normalized spacial score (nSPS) is 10.8. The van der Waals surface area contributed by atoms with Crippen LogP contribution in [0.15, 0.2) is 48.7 Å². The molecular weight excluding hydrogens is 288 g/mol. The number of halogens is 1. The minimum Gasteiger partial charge on any atom is -0.461 e. The van der Waals surface area contributed by atoms with Crippen LogP contribution in [0, 0.1) is 0 Å². The van der Waals surface area contributed by atoms with Crippen molar-refractivity contribution in [2.45, 2.75) is 6.92 Å². The molecule has 3 rings (SSSR count). The van der Waals surface area contributed by atoms with E-state index in [-0.39, 0.29) is 0 Å². The molecule has 0 atom stereocenters. The van der Waals surface area contributed by atoms with Gasteiger partial charge in [0.1, 0.15) is 5.69 Å². The molecule has 0 amide bonds. The number of benzene rings is 1. The summed E-state index contributed by atoms with van der Waals surface area (Å²) in [6, 6.07) is 13.0. The van der Waals surface area contributed by atoms with E-state index in [0.717, 1.165) is 10.9 Å². The number of rotatable bonds is 3. The van der Waals surface area contributed by atoms with Crippen molar-refractivity contribution in [1.82, 2.24) is 9.55 Å². The maximum Gasteiger partial charge on any atom is 0.355 e.